The molecule has 72 valence electrons. The van der Waals surface area contributed by atoms with Gasteiger partial charge in [-0.1, -0.05) is 0 Å². The van der Waals surface area contributed by atoms with Crippen molar-refractivity contribution in [2.24, 2.45) is 0 Å². The Labute approximate surface area is 83.1 Å². The third-order valence-corrected chi connectivity index (χ3v) is 2.61. The van der Waals surface area contributed by atoms with Gasteiger partial charge in [-0.15, -0.1) is 0 Å². The van der Waals surface area contributed by atoms with Gasteiger partial charge >= 0.3 is 0 Å². The second-order valence-corrected chi connectivity index (χ2v) is 3.71. The maximum Gasteiger partial charge on any atom is 0.0445 e. The molecular formula is C9H15N3S. The largest absolute Gasteiger partial charge is 0.398 e. The standard InChI is InChI=1S/C9H15N3S/c1-11-9(6-13-2)7-5-12-4-3-8(7)10/h3-5,9,11H,6H2,1-2H3,(H2,10,12). The van der Waals surface area contributed by atoms with Gasteiger partial charge in [0, 0.05) is 35.4 Å². The zero-order chi connectivity index (χ0) is 9.68. The summed E-state index contributed by atoms with van der Waals surface area (Å²) in [5, 5.41) is 3.22. The van der Waals surface area contributed by atoms with Gasteiger partial charge in [0.15, 0.2) is 0 Å². The van der Waals surface area contributed by atoms with E-state index in [9.17, 15) is 0 Å². The third-order valence-electron chi connectivity index (χ3n) is 1.94. The van der Waals surface area contributed by atoms with Crippen LogP contribution in [0.1, 0.15) is 11.6 Å². The highest BCUT2D eigenvalue weighted by atomic mass is 32.2. The van der Waals surface area contributed by atoms with E-state index in [0.29, 0.717) is 6.04 Å². The normalized spacial score (nSPS) is 12.8. The van der Waals surface area contributed by atoms with Crippen molar-refractivity contribution in [2.75, 3.05) is 24.8 Å². The Balaban J connectivity index is 2.84. The second kappa shape index (κ2) is 5.09. The molecule has 0 aromatic carbocycles. The zero-order valence-electron chi connectivity index (χ0n) is 7.95. The molecule has 0 saturated carbocycles. The molecule has 0 radical (unpaired) electrons. The molecule has 13 heavy (non-hydrogen) atoms. The van der Waals surface area contributed by atoms with E-state index in [1.165, 1.54) is 0 Å². The number of anilines is 1. The van der Waals surface area contributed by atoms with Crippen LogP contribution in [0.25, 0.3) is 0 Å². The number of pyridine rings is 1. The topological polar surface area (TPSA) is 50.9 Å². The average molecular weight is 197 g/mol. The number of nitrogens with two attached hydrogens (primary N) is 1. The number of rotatable bonds is 4. The smallest absolute Gasteiger partial charge is 0.0445 e. The molecule has 1 atom stereocenters. The van der Waals surface area contributed by atoms with E-state index in [1.807, 2.05) is 19.3 Å². The number of hydrogen-bond acceptors (Lipinski definition) is 4. The first kappa shape index (κ1) is 10.3. The van der Waals surface area contributed by atoms with Crippen LogP contribution >= 0.6 is 11.8 Å². The molecule has 1 aromatic rings. The molecule has 1 heterocycles. The Morgan fingerprint density at radius 1 is 1.69 bits per heavy atom. The van der Waals surface area contributed by atoms with E-state index in [4.69, 9.17) is 5.73 Å². The number of aromatic nitrogens is 1. The van der Waals surface area contributed by atoms with E-state index in [-0.39, 0.29) is 0 Å². The Kier molecular flexibility index (Phi) is 4.05. The van der Waals surface area contributed by atoms with Crippen LogP contribution in [0, 0.1) is 0 Å². The summed E-state index contributed by atoms with van der Waals surface area (Å²) < 4.78 is 0. The van der Waals surface area contributed by atoms with Crippen LogP contribution in [0.15, 0.2) is 18.5 Å². The highest BCUT2D eigenvalue weighted by Crippen LogP contribution is 2.21. The fraction of sp³-hybridized carbons (Fsp3) is 0.444. The van der Waals surface area contributed by atoms with E-state index in [0.717, 1.165) is 17.0 Å². The Bertz CT molecular complexity index is 265. The molecule has 1 rings (SSSR count). The third kappa shape index (κ3) is 2.60. The van der Waals surface area contributed by atoms with Gasteiger partial charge in [0.2, 0.25) is 0 Å². The Morgan fingerprint density at radius 2 is 2.46 bits per heavy atom. The summed E-state index contributed by atoms with van der Waals surface area (Å²) in [5.41, 5.74) is 7.73. The summed E-state index contributed by atoms with van der Waals surface area (Å²) in [5.74, 6) is 1.01. The van der Waals surface area contributed by atoms with Gasteiger partial charge in [-0.3, -0.25) is 4.98 Å². The highest BCUT2D eigenvalue weighted by Gasteiger charge is 2.10. The van der Waals surface area contributed by atoms with Crippen LogP contribution in [0.3, 0.4) is 0 Å². The lowest BCUT2D eigenvalue weighted by atomic mass is 10.1. The van der Waals surface area contributed by atoms with Crippen LogP contribution in [-0.2, 0) is 0 Å². The van der Waals surface area contributed by atoms with Crippen molar-refractivity contribution < 1.29 is 0 Å². The first-order valence-corrected chi connectivity index (χ1v) is 5.54. The highest BCUT2D eigenvalue weighted by molar-refractivity contribution is 7.98. The van der Waals surface area contributed by atoms with Crippen molar-refractivity contribution in [3.05, 3.63) is 24.0 Å². The molecular weight excluding hydrogens is 182 g/mol. The zero-order valence-corrected chi connectivity index (χ0v) is 8.77. The van der Waals surface area contributed by atoms with Gasteiger partial charge in [0.05, 0.1) is 0 Å². The summed E-state index contributed by atoms with van der Waals surface area (Å²) in [7, 11) is 1.94. The summed E-state index contributed by atoms with van der Waals surface area (Å²) in [6.07, 6.45) is 5.62. The Hall–Kier alpha value is -0.740. The van der Waals surface area contributed by atoms with Crippen LogP contribution in [0.2, 0.25) is 0 Å². The number of nitrogens with one attached hydrogen (secondary N) is 1. The SMILES string of the molecule is CNC(CSC)c1cnccc1N. The first-order valence-electron chi connectivity index (χ1n) is 4.15. The van der Waals surface area contributed by atoms with Crippen molar-refractivity contribution >= 4 is 17.4 Å². The fourth-order valence-corrected chi connectivity index (χ4v) is 1.88. The maximum absolute atomic E-state index is 5.84. The van der Waals surface area contributed by atoms with Gasteiger partial charge in [-0.25, -0.2) is 0 Å². The summed E-state index contributed by atoms with van der Waals surface area (Å²) in [4.78, 5) is 4.07. The lowest BCUT2D eigenvalue weighted by molar-refractivity contribution is 0.661. The minimum absolute atomic E-state index is 0.295. The van der Waals surface area contributed by atoms with Gasteiger partial charge in [-0.2, -0.15) is 11.8 Å². The Morgan fingerprint density at radius 3 is 3.00 bits per heavy atom. The molecule has 0 saturated heterocycles. The molecule has 0 aliphatic rings. The minimum Gasteiger partial charge on any atom is -0.398 e. The van der Waals surface area contributed by atoms with Gasteiger partial charge in [0.25, 0.3) is 0 Å². The monoisotopic (exact) mass is 197 g/mol. The molecule has 0 amide bonds. The maximum atomic E-state index is 5.84. The molecule has 0 aliphatic carbocycles. The number of nitrogens with zero attached hydrogens (tertiary/aromatic N) is 1. The van der Waals surface area contributed by atoms with Gasteiger partial charge < -0.3 is 11.1 Å². The van der Waals surface area contributed by atoms with Crippen molar-refractivity contribution in [3.8, 4) is 0 Å². The molecule has 4 heteroatoms. The fourth-order valence-electron chi connectivity index (χ4n) is 1.20. The average Bonchev–Trinajstić information content (AvgIpc) is 2.16. The molecule has 0 fully saturated rings. The predicted octanol–water partition coefficient (Wildman–Crippen LogP) is 1.29. The van der Waals surface area contributed by atoms with Gasteiger partial charge in [0.1, 0.15) is 0 Å². The quantitative estimate of drug-likeness (QED) is 0.763. The van der Waals surface area contributed by atoms with Gasteiger partial charge in [-0.05, 0) is 19.4 Å². The van der Waals surface area contributed by atoms with E-state index < -0.39 is 0 Å². The van der Waals surface area contributed by atoms with Crippen molar-refractivity contribution in [3.63, 3.8) is 0 Å². The molecule has 0 bridgehead atoms. The van der Waals surface area contributed by atoms with E-state index >= 15 is 0 Å². The summed E-state index contributed by atoms with van der Waals surface area (Å²) in [6, 6.07) is 2.13. The molecule has 3 N–H and O–H groups in total. The summed E-state index contributed by atoms with van der Waals surface area (Å²) in [6.45, 7) is 0. The first-order chi connectivity index (χ1) is 6.29. The second-order valence-electron chi connectivity index (χ2n) is 2.80. The van der Waals surface area contributed by atoms with Crippen LogP contribution in [-0.4, -0.2) is 24.0 Å². The van der Waals surface area contributed by atoms with Crippen molar-refractivity contribution in [2.45, 2.75) is 6.04 Å². The number of thioether (sulfide) groups is 1. The van der Waals surface area contributed by atoms with E-state index in [2.05, 4.69) is 16.6 Å². The molecule has 0 spiro atoms. The lowest BCUT2D eigenvalue weighted by Gasteiger charge is -2.16. The predicted molar refractivity (Wildman–Crippen MR) is 58.8 cm³/mol. The molecule has 1 aromatic heterocycles. The van der Waals surface area contributed by atoms with Crippen molar-refractivity contribution in [1.29, 1.82) is 0 Å². The summed E-state index contributed by atoms with van der Waals surface area (Å²) >= 11 is 1.79. The molecule has 0 aliphatic heterocycles. The number of nitrogen functional groups attached to an aromatic ring is 1. The van der Waals surface area contributed by atoms with Crippen LogP contribution < -0.4 is 11.1 Å². The number of hydrogen-bond donors (Lipinski definition) is 2. The molecule has 1 unspecified atom stereocenters. The van der Waals surface area contributed by atoms with E-state index in [1.54, 1.807) is 18.0 Å². The molecule has 3 nitrogen and oxygen atoms in total. The van der Waals surface area contributed by atoms with Crippen LogP contribution in [0.4, 0.5) is 5.69 Å². The minimum atomic E-state index is 0.295. The van der Waals surface area contributed by atoms with Crippen LogP contribution in [0.5, 0.6) is 0 Å². The lowest BCUT2D eigenvalue weighted by Crippen LogP contribution is -2.20. The van der Waals surface area contributed by atoms with Crippen molar-refractivity contribution in [1.82, 2.24) is 10.3 Å².